The molecular formula is C19H28N2O4S. The molecular weight excluding hydrogens is 352 g/mol. The zero-order valence-electron chi connectivity index (χ0n) is 16.0. The van der Waals surface area contributed by atoms with Crippen molar-refractivity contribution in [2.24, 2.45) is 5.41 Å². The Labute approximate surface area is 156 Å². The molecule has 0 aliphatic carbocycles. The lowest BCUT2D eigenvalue weighted by molar-refractivity contribution is -0.130. The minimum Gasteiger partial charge on any atom is -0.338 e. The molecule has 1 unspecified atom stereocenters. The molecule has 1 fully saturated rings. The number of carbonyl (C=O) groups is 2. The Bertz CT molecular complexity index is 804. The van der Waals surface area contributed by atoms with Gasteiger partial charge in [-0.15, -0.1) is 0 Å². The van der Waals surface area contributed by atoms with Crippen LogP contribution in [0.1, 0.15) is 54.6 Å². The van der Waals surface area contributed by atoms with Crippen molar-refractivity contribution in [3.63, 3.8) is 0 Å². The number of nitrogens with zero attached hydrogens (tertiary/aromatic N) is 1. The SMILES string of the molecule is CCCS(=O)(=O)NC(=O)C1(C)CCCN(C(=O)c2cccc(C)c2C)C1. The number of rotatable bonds is 5. The topological polar surface area (TPSA) is 83.6 Å². The van der Waals surface area contributed by atoms with Gasteiger partial charge in [0.2, 0.25) is 15.9 Å². The first-order valence-electron chi connectivity index (χ1n) is 9.00. The molecule has 0 spiro atoms. The second-order valence-electron chi connectivity index (χ2n) is 7.39. The quantitative estimate of drug-likeness (QED) is 0.850. The van der Waals surface area contributed by atoms with E-state index in [4.69, 9.17) is 0 Å². The van der Waals surface area contributed by atoms with Gasteiger partial charge < -0.3 is 4.90 Å². The van der Waals surface area contributed by atoms with Gasteiger partial charge >= 0.3 is 0 Å². The number of amides is 2. The summed E-state index contributed by atoms with van der Waals surface area (Å²) in [5.41, 5.74) is 1.69. The number of benzene rings is 1. The van der Waals surface area contributed by atoms with Gasteiger partial charge in [-0.1, -0.05) is 19.1 Å². The van der Waals surface area contributed by atoms with Crippen LogP contribution in [-0.4, -0.2) is 44.0 Å². The molecule has 1 saturated heterocycles. The molecule has 1 aromatic rings. The lowest BCUT2D eigenvalue weighted by atomic mass is 9.81. The van der Waals surface area contributed by atoms with Crippen LogP contribution >= 0.6 is 0 Å². The van der Waals surface area contributed by atoms with E-state index in [1.54, 1.807) is 24.8 Å². The van der Waals surface area contributed by atoms with Crippen molar-refractivity contribution < 1.29 is 18.0 Å². The number of aryl methyl sites for hydroxylation is 1. The number of piperidine rings is 1. The first kappa shape index (κ1) is 20.4. The third-order valence-electron chi connectivity index (χ3n) is 5.09. The molecule has 1 aromatic carbocycles. The molecule has 2 rings (SSSR count). The summed E-state index contributed by atoms with van der Waals surface area (Å²) in [7, 11) is -3.62. The number of hydrogen-bond acceptors (Lipinski definition) is 4. The highest BCUT2D eigenvalue weighted by molar-refractivity contribution is 7.90. The molecule has 6 nitrogen and oxygen atoms in total. The van der Waals surface area contributed by atoms with E-state index in [-0.39, 0.29) is 18.2 Å². The average Bonchev–Trinajstić information content (AvgIpc) is 2.56. The van der Waals surface area contributed by atoms with Crippen LogP contribution in [0.5, 0.6) is 0 Å². The Morgan fingerprint density at radius 1 is 1.27 bits per heavy atom. The second-order valence-corrected chi connectivity index (χ2v) is 9.23. The fraction of sp³-hybridized carbons (Fsp3) is 0.579. The van der Waals surface area contributed by atoms with E-state index in [0.717, 1.165) is 11.1 Å². The molecule has 0 radical (unpaired) electrons. The number of hydrogen-bond donors (Lipinski definition) is 1. The summed E-state index contributed by atoms with van der Waals surface area (Å²) in [4.78, 5) is 27.2. The highest BCUT2D eigenvalue weighted by Gasteiger charge is 2.41. The molecule has 7 heteroatoms. The lowest BCUT2D eigenvalue weighted by Gasteiger charge is -2.39. The molecule has 1 heterocycles. The zero-order valence-corrected chi connectivity index (χ0v) is 16.8. The van der Waals surface area contributed by atoms with E-state index in [1.807, 2.05) is 26.0 Å². The summed E-state index contributed by atoms with van der Waals surface area (Å²) in [6, 6.07) is 5.60. The van der Waals surface area contributed by atoms with Crippen LogP contribution in [0, 0.1) is 19.3 Å². The van der Waals surface area contributed by atoms with Gasteiger partial charge in [-0.3, -0.25) is 14.3 Å². The molecule has 2 amide bonds. The monoisotopic (exact) mass is 380 g/mol. The molecule has 1 N–H and O–H groups in total. The summed E-state index contributed by atoms with van der Waals surface area (Å²) in [6.45, 7) is 8.13. The highest BCUT2D eigenvalue weighted by Crippen LogP contribution is 2.31. The highest BCUT2D eigenvalue weighted by atomic mass is 32.2. The predicted octanol–water partition coefficient (Wildman–Crippen LogP) is 2.40. The Hall–Kier alpha value is -1.89. The van der Waals surface area contributed by atoms with E-state index in [0.29, 0.717) is 31.4 Å². The van der Waals surface area contributed by atoms with Crippen molar-refractivity contribution in [3.8, 4) is 0 Å². The van der Waals surface area contributed by atoms with Gasteiger partial charge in [-0.2, -0.15) is 0 Å². The van der Waals surface area contributed by atoms with Crippen molar-refractivity contribution >= 4 is 21.8 Å². The Morgan fingerprint density at radius 2 is 1.96 bits per heavy atom. The summed E-state index contributed by atoms with van der Waals surface area (Å²) in [6.07, 6.45) is 1.65. The van der Waals surface area contributed by atoms with E-state index >= 15 is 0 Å². The van der Waals surface area contributed by atoms with Crippen molar-refractivity contribution in [2.45, 2.75) is 47.0 Å². The molecule has 26 heavy (non-hydrogen) atoms. The maximum atomic E-state index is 12.9. The number of carbonyl (C=O) groups excluding carboxylic acids is 2. The minimum atomic E-state index is -3.62. The first-order chi connectivity index (χ1) is 12.1. The third kappa shape index (κ3) is 4.44. The first-order valence-corrected chi connectivity index (χ1v) is 10.7. The van der Waals surface area contributed by atoms with Gasteiger partial charge in [0.25, 0.3) is 5.91 Å². The standard InChI is InChI=1S/C19H28N2O4S/c1-5-12-26(24,25)20-18(23)19(4)10-7-11-21(13-19)17(22)16-9-6-8-14(2)15(16)3/h6,8-9H,5,7,10-13H2,1-4H3,(H,20,23). The molecule has 1 atom stereocenters. The van der Waals surface area contributed by atoms with Crippen LogP contribution in [0.2, 0.25) is 0 Å². The Balaban J connectivity index is 2.18. The van der Waals surface area contributed by atoms with Crippen LogP contribution < -0.4 is 4.72 Å². The summed E-state index contributed by atoms with van der Waals surface area (Å²) >= 11 is 0. The Morgan fingerprint density at radius 3 is 2.62 bits per heavy atom. The molecule has 1 aliphatic heterocycles. The average molecular weight is 381 g/mol. The second kappa shape index (κ2) is 7.78. The van der Waals surface area contributed by atoms with Crippen LogP contribution in [0.3, 0.4) is 0 Å². The van der Waals surface area contributed by atoms with E-state index in [1.165, 1.54) is 0 Å². The van der Waals surface area contributed by atoms with E-state index in [9.17, 15) is 18.0 Å². The molecule has 0 bridgehead atoms. The van der Waals surface area contributed by atoms with Gasteiger partial charge in [0.05, 0.1) is 11.2 Å². The summed E-state index contributed by atoms with van der Waals surface area (Å²) < 4.78 is 26.0. The molecule has 144 valence electrons. The molecule has 0 aromatic heterocycles. The van der Waals surface area contributed by atoms with E-state index < -0.39 is 21.3 Å². The lowest BCUT2D eigenvalue weighted by Crippen LogP contribution is -2.53. The largest absolute Gasteiger partial charge is 0.338 e. The number of sulfonamides is 1. The van der Waals surface area contributed by atoms with Crippen molar-refractivity contribution in [2.75, 3.05) is 18.8 Å². The summed E-state index contributed by atoms with van der Waals surface area (Å²) in [5.74, 6) is -0.717. The van der Waals surface area contributed by atoms with Gasteiger partial charge in [0.1, 0.15) is 0 Å². The van der Waals surface area contributed by atoms with Gasteiger partial charge in [0.15, 0.2) is 0 Å². The minimum absolute atomic E-state index is 0.0834. The van der Waals surface area contributed by atoms with Crippen molar-refractivity contribution in [3.05, 3.63) is 34.9 Å². The van der Waals surface area contributed by atoms with Gasteiger partial charge in [-0.25, -0.2) is 8.42 Å². The van der Waals surface area contributed by atoms with Crippen LogP contribution in [0.15, 0.2) is 18.2 Å². The number of likely N-dealkylation sites (tertiary alicyclic amines) is 1. The third-order valence-corrected chi connectivity index (χ3v) is 6.53. The van der Waals surface area contributed by atoms with Gasteiger partial charge in [-0.05, 0) is 57.2 Å². The Kier molecular flexibility index (Phi) is 6.11. The van der Waals surface area contributed by atoms with Crippen LogP contribution in [0.25, 0.3) is 0 Å². The van der Waals surface area contributed by atoms with Crippen molar-refractivity contribution in [1.29, 1.82) is 0 Å². The maximum Gasteiger partial charge on any atom is 0.254 e. The normalized spacial score (nSPS) is 20.7. The fourth-order valence-electron chi connectivity index (χ4n) is 3.34. The smallest absolute Gasteiger partial charge is 0.254 e. The number of nitrogens with one attached hydrogen (secondary N) is 1. The van der Waals surface area contributed by atoms with Crippen molar-refractivity contribution in [1.82, 2.24) is 9.62 Å². The van der Waals surface area contributed by atoms with Crippen LogP contribution in [0.4, 0.5) is 0 Å². The van der Waals surface area contributed by atoms with Gasteiger partial charge in [0, 0.05) is 18.7 Å². The van der Waals surface area contributed by atoms with E-state index in [2.05, 4.69) is 4.72 Å². The van der Waals surface area contributed by atoms with Crippen LogP contribution in [-0.2, 0) is 14.8 Å². The molecule has 0 saturated carbocycles. The molecule has 1 aliphatic rings. The zero-order chi connectivity index (χ0) is 19.5. The predicted molar refractivity (Wildman–Crippen MR) is 101 cm³/mol. The fourth-order valence-corrected chi connectivity index (χ4v) is 4.50. The maximum absolute atomic E-state index is 12.9. The summed E-state index contributed by atoms with van der Waals surface area (Å²) in [5, 5.41) is 0.